The molecule has 0 aliphatic rings. The summed E-state index contributed by atoms with van der Waals surface area (Å²) in [6, 6.07) is 26.4. The molecule has 2 aromatic carbocycles. The fraction of sp³-hybridized carbons (Fsp3) is 0.333. The second-order valence-corrected chi connectivity index (χ2v) is 21.0. The molecule has 298 valence electrons. The first-order valence-electron chi connectivity index (χ1n) is 20.9. The predicted molar refractivity (Wildman–Crippen MR) is 257 cm³/mol. The number of aryl methyl sites for hydroxylation is 2. The van der Waals surface area contributed by atoms with Gasteiger partial charge in [0, 0.05) is 44.3 Å². The number of thiophene rings is 2. The Morgan fingerprint density at radius 2 is 0.707 bits per heavy atom. The van der Waals surface area contributed by atoms with E-state index in [0.717, 1.165) is 42.6 Å². The average molecular weight is 875 g/mol. The summed E-state index contributed by atoms with van der Waals surface area (Å²) in [5.74, 6) is 0. The lowest BCUT2D eigenvalue weighted by molar-refractivity contribution is 0.608. The van der Waals surface area contributed by atoms with Crippen molar-refractivity contribution in [2.45, 2.75) is 104 Å². The number of thiazole rings is 4. The van der Waals surface area contributed by atoms with Crippen molar-refractivity contribution in [3.63, 3.8) is 0 Å². The molecule has 0 atom stereocenters. The van der Waals surface area contributed by atoms with Crippen LogP contribution in [0, 0.1) is 0 Å². The molecule has 8 aromatic rings. The molecule has 10 heteroatoms. The number of hydrogen-bond acceptors (Lipinski definition) is 10. The standard InChI is InChI=1S/C48H50N4S6/c1-3-5-7-9-11-15-25-35-27-37(33-21-17-13-18-22-33)53-43(35)41-31-51-47(57-41)45-49-29-39(55-45)40-30-50-46(56-40)48-52-32-42(58-48)44-36(26-16-12-10-8-6-4-2)28-38(54-44)34-23-19-14-20-24-34/h13-14,17-24,27-32H,3-12,15-16,25-26H2,1-2H3. The van der Waals surface area contributed by atoms with Crippen LogP contribution in [0.15, 0.2) is 97.6 Å². The Morgan fingerprint density at radius 1 is 0.362 bits per heavy atom. The molecule has 0 fully saturated rings. The van der Waals surface area contributed by atoms with E-state index in [1.54, 1.807) is 45.3 Å². The van der Waals surface area contributed by atoms with Gasteiger partial charge >= 0.3 is 0 Å². The molecule has 0 saturated carbocycles. The zero-order valence-electron chi connectivity index (χ0n) is 33.4. The highest BCUT2D eigenvalue weighted by Crippen LogP contribution is 2.46. The third kappa shape index (κ3) is 10.2. The Labute approximate surface area is 367 Å². The van der Waals surface area contributed by atoms with Gasteiger partial charge in [-0.3, -0.25) is 0 Å². The van der Waals surface area contributed by atoms with Crippen LogP contribution >= 0.6 is 68.0 Å². The number of benzene rings is 2. The predicted octanol–water partition coefficient (Wildman–Crippen LogP) is 17.1. The van der Waals surface area contributed by atoms with Crippen LogP contribution < -0.4 is 0 Å². The van der Waals surface area contributed by atoms with Crippen molar-refractivity contribution in [1.82, 2.24) is 19.9 Å². The molecule has 4 nitrogen and oxygen atoms in total. The maximum absolute atomic E-state index is 4.92. The Balaban J connectivity index is 0.975. The second kappa shape index (κ2) is 20.6. The van der Waals surface area contributed by atoms with Crippen LogP contribution in [-0.4, -0.2) is 19.9 Å². The van der Waals surface area contributed by atoms with Crippen molar-refractivity contribution in [2.24, 2.45) is 0 Å². The molecule has 0 saturated heterocycles. The van der Waals surface area contributed by atoms with E-state index in [0.29, 0.717) is 0 Å². The van der Waals surface area contributed by atoms with Crippen molar-refractivity contribution in [1.29, 1.82) is 0 Å². The highest BCUT2D eigenvalue weighted by molar-refractivity contribution is 7.30. The highest BCUT2D eigenvalue weighted by atomic mass is 32.1. The Bertz CT molecular complexity index is 2290. The Morgan fingerprint density at radius 3 is 1.10 bits per heavy atom. The van der Waals surface area contributed by atoms with E-state index < -0.39 is 0 Å². The Hall–Kier alpha value is -3.64. The van der Waals surface area contributed by atoms with Gasteiger partial charge in [-0.25, -0.2) is 19.9 Å². The minimum Gasteiger partial charge on any atom is -0.241 e. The normalized spacial score (nSPS) is 11.6. The molecule has 0 radical (unpaired) electrons. The van der Waals surface area contributed by atoms with Crippen LogP contribution in [0.5, 0.6) is 0 Å². The van der Waals surface area contributed by atoms with E-state index in [1.807, 2.05) is 35.1 Å². The van der Waals surface area contributed by atoms with E-state index in [4.69, 9.17) is 19.9 Å². The van der Waals surface area contributed by atoms with E-state index in [9.17, 15) is 0 Å². The fourth-order valence-corrected chi connectivity index (χ4v) is 13.7. The van der Waals surface area contributed by atoms with Gasteiger partial charge in [0.25, 0.3) is 0 Å². The molecule has 0 aliphatic heterocycles. The highest BCUT2D eigenvalue weighted by Gasteiger charge is 2.20. The number of nitrogens with zero attached hydrogens (tertiary/aromatic N) is 4. The van der Waals surface area contributed by atoms with E-state index in [-0.39, 0.29) is 0 Å². The van der Waals surface area contributed by atoms with Crippen LogP contribution in [-0.2, 0) is 12.8 Å². The smallest absolute Gasteiger partial charge is 0.152 e. The zero-order chi connectivity index (χ0) is 39.5. The first-order valence-corrected chi connectivity index (χ1v) is 25.8. The molecule has 0 bridgehead atoms. The molecule has 0 aliphatic carbocycles. The summed E-state index contributed by atoms with van der Waals surface area (Å²) in [7, 11) is 0. The van der Waals surface area contributed by atoms with Gasteiger partial charge in [-0.1, -0.05) is 139 Å². The Kier molecular flexibility index (Phi) is 14.6. The van der Waals surface area contributed by atoms with E-state index >= 15 is 0 Å². The minimum absolute atomic E-state index is 0.958. The van der Waals surface area contributed by atoms with E-state index in [1.165, 1.54) is 129 Å². The lowest BCUT2D eigenvalue weighted by atomic mass is 10.0. The van der Waals surface area contributed by atoms with Gasteiger partial charge in [-0.15, -0.1) is 68.0 Å². The van der Waals surface area contributed by atoms with Crippen LogP contribution in [0.2, 0.25) is 0 Å². The van der Waals surface area contributed by atoms with Crippen LogP contribution in [0.3, 0.4) is 0 Å². The minimum atomic E-state index is 0.958. The molecule has 0 amide bonds. The summed E-state index contributed by atoms with van der Waals surface area (Å²) < 4.78 is 0. The number of hydrogen-bond donors (Lipinski definition) is 0. The van der Waals surface area contributed by atoms with Crippen LogP contribution in [0.4, 0.5) is 0 Å². The summed E-state index contributed by atoms with van der Waals surface area (Å²) in [5.41, 5.74) is 5.46. The summed E-state index contributed by atoms with van der Waals surface area (Å²) >= 11 is 10.7. The van der Waals surface area contributed by atoms with E-state index in [2.05, 4.69) is 99.0 Å². The van der Waals surface area contributed by atoms with Gasteiger partial charge in [0.2, 0.25) is 0 Å². The number of unbranched alkanes of at least 4 members (excludes halogenated alkanes) is 10. The van der Waals surface area contributed by atoms with Crippen LogP contribution in [0.25, 0.3) is 70.2 Å². The van der Waals surface area contributed by atoms with Crippen molar-refractivity contribution >= 4 is 68.0 Å². The SMILES string of the molecule is CCCCCCCCc1cc(-c2ccccc2)sc1-c1cnc(-c2ncc(-c3cnc(-c4ncc(-c5sc(-c6ccccc6)cc5CCCCCCCC)s4)s3)s2)s1. The van der Waals surface area contributed by atoms with Crippen molar-refractivity contribution < 1.29 is 0 Å². The third-order valence-electron chi connectivity index (χ3n) is 10.4. The van der Waals surface area contributed by atoms with Crippen molar-refractivity contribution in [2.75, 3.05) is 0 Å². The second-order valence-electron chi connectivity index (χ2n) is 14.8. The van der Waals surface area contributed by atoms with Crippen molar-refractivity contribution in [3.05, 3.63) is 109 Å². The largest absolute Gasteiger partial charge is 0.241 e. The molecule has 0 N–H and O–H groups in total. The summed E-state index contributed by atoms with van der Waals surface area (Å²) in [4.78, 5) is 29.7. The molecular formula is C48H50N4S6. The first kappa shape index (κ1) is 41.1. The number of aromatic nitrogens is 4. The molecule has 6 heterocycles. The average Bonchev–Trinajstić information content (AvgIpc) is 4.11. The number of rotatable bonds is 21. The summed E-state index contributed by atoms with van der Waals surface area (Å²) in [6.07, 6.45) is 25.9. The molecule has 58 heavy (non-hydrogen) atoms. The molecule has 6 aromatic heterocycles. The van der Waals surface area contributed by atoms with Gasteiger partial charge in [-0.05, 0) is 60.1 Å². The van der Waals surface area contributed by atoms with Crippen molar-refractivity contribution in [3.8, 4) is 70.2 Å². The zero-order valence-corrected chi connectivity index (χ0v) is 38.3. The van der Waals surface area contributed by atoms with Gasteiger partial charge in [0.15, 0.2) is 20.0 Å². The molecular weight excluding hydrogens is 825 g/mol. The summed E-state index contributed by atoms with van der Waals surface area (Å²) in [5, 5.41) is 3.87. The topological polar surface area (TPSA) is 51.6 Å². The quantitative estimate of drug-likeness (QED) is 0.0675. The third-order valence-corrected chi connectivity index (χ3v) is 17.7. The lowest BCUT2D eigenvalue weighted by Gasteiger charge is -2.02. The summed E-state index contributed by atoms with van der Waals surface area (Å²) in [6.45, 7) is 4.57. The molecule has 0 spiro atoms. The van der Waals surface area contributed by atoms with Gasteiger partial charge in [-0.2, -0.15) is 0 Å². The first-order chi connectivity index (χ1) is 28.7. The molecule has 0 unspecified atom stereocenters. The van der Waals surface area contributed by atoms with Crippen LogP contribution in [0.1, 0.15) is 102 Å². The monoisotopic (exact) mass is 874 g/mol. The maximum Gasteiger partial charge on any atom is 0.152 e. The maximum atomic E-state index is 4.92. The molecule has 8 rings (SSSR count). The fourth-order valence-electron chi connectivity index (χ4n) is 7.26. The van der Waals surface area contributed by atoms with Gasteiger partial charge in [0.1, 0.15) is 0 Å². The lowest BCUT2D eigenvalue weighted by Crippen LogP contribution is -1.86. The van der Waals surface area contributed by atoms with Gasteiger partial charge < -0.3 is 0 Å². The van der Waals surface area contributed by atoms with Gasteiger partial charge in [0.05, 0.1) is 19.5 Å².